The lowest BCUT2D eigenvalue weighted by Gasteiger charge is -2.30. The molecule has 1 fully saturated rings. The van der Waals surface area contributed by atoms with E-state index < -0.39 is 17.6 Å². The van der Waals surface area contributed by atoms with Gasteiger partial charge in [-0.1, -0.05) is 11.6 Å². The fraction of sp³-hybridized carbons (Fsp3) is 0.500. The summed E-state index contributed by atoms with van der Waals surface area (Å²) in [5.41, 5.74) is -0.961. The number of benzene rings is 1. The number of carbonyl (C=O) groups excluding carboxylic acids is 2. The molecule has 1 aromatic carbocycles. The third-order valence-corrected chi connectivity index (χ3v) is 4.39. The van der Waals surface area contributed by atoms with Crippen molar-refractivity contribution in [3.63, 3.8) is 0 Å². The van der Waals surface area contributed by atoms with Crippen molar-refractivity contribution in [2.45, 2.75) is 19.0 Å². The van der Waals surface area contributed by atoms with Crippen LogP contribution in [-0.2, 0) is 20.5 Å². The van der Waals surface area contributed by atoms with Gasteiger partial charge in [0, 0.05) is 0 Å². The molecule has 5 nitrogen and oxygen atoms in total. The molecule has 0 spiro atoms. The average Bonchev–Trinajstić information content (AvgIpc) is 2.55. The van der Waals surface area contributed by atoms with E-state index in [9.17, 15) is 22.8 Å². The lowest BCUT2D eigenvalue weighted by atomic mass is 9.97. The van der Waals surface area contributed by atoms with Gasteiger partial charge in [-0.15, -0.1) is 0 Å². The molecule has 0 saturated carbocycles. The van der Waals surface area contributed by atoms with E-state index in [0.29, 0.717) is 25.9 Å². The molecule has 1 heterocycles. The second kappa shape index (κ2) is 8.05. The van der Waals surface area contributed by atoms with Crippen molar-refractivity contribution in [3.05, 3.63) is 28.8 Å². The van der Waals surface area contributed by atoms with Gasteiger partial charge in [-0.3, -0.25) is 14.5 Å². The monoisotopic (exact) mass is 378 g/mol. The predicted octanol–water partition coefficient (Wildman–Crippen LogP) is 3.18. The van der Waals surface area contributed by atoms with Gasteiger partial charge in [0.15, 0.2) is 0 Å². The van der Waals surface area contributed by atoms with Crippen molar-refractivity contribution >= 4 is 29.2 Å². The van der Waals surface area contributed by atoms with Gasteiger partial charge in [-0.2, -0.15) is 13.2 Å². The lowest BCUT2D eigenvalue weighted by Crippen LogP contribution is -2.41. The van der Waals surface area contributed by atoms with Crippen LogP contribution < -0.4 is 5.32 Å². The second-order valence-electron chi connectivity index (χ2n) is 5.81. The maximum absolute atomic E-state index is 12.7. The van der Waals surface area contributed by atoms with Crippen molar-refractivity contribution in [1.82, 2.24) is 4.90 Å². The Bertz CT molecular complexity index is 644. The highest BCUT2D eigenvalue weighted by atomic mass is 35.5. The number of anilines is 1. The van der Waals surface area contributed by atoms with Crippen LogP contribution in [-0.4, -0.2) is 43.5 Å². The molecular formula is C16H18ClF3N2O3. The largest absolute Gasteiger partial charge is 0.469 e. The van der Waals surface area contributed by atoms with Gasteiger partial charge in [-0.25, -0.2) is 0 Å². The predicted molar refractivity (Wildman–Crippen MR) is 86.3 cm³/mol. The van der Waals surface area contributed by atoms with Gasteiger partial charge in [0.25, 0.3) is 0 Å². The first-order valence-corrected chi connectivity index (χ1v) is 8.05. The summed E-state index contributed by atoms with van der Waals surface area (Å²) in [5, 5.41) is 2.44. The van der Waals surface area contributed by atoms with Gasteiger partial charge < -0.3 is 10.1 Å². The zero-order valence-electron chi connectivity index (χ0n) is 13.5. The first-order valence-electron chi connectivity index (χ1n) is 7.67. The first kappa shape index (κ1) is 19.5. The number of halogens is 4. The molecule has 0 aliphatic carbocycles. The van der Waals surface area contributed by atoms with E-state index in [-0.39, 0.29) is 29.1 Å². The number of carbonyl (C=O) groups is 2. The summed E-state index contributed by atoms with van der Waals surface area (Å²) in [6.07, 6.45) is -3.37. The Morgan fingerprint density at radius 3 is 2.52 bits per heavy atom. The maximum Gasteiger partial charge on any atom is 0.416 e. The lowest BCUT2D eigenvalue weighted by molar-refractivity contribution is -0.147. The summed E-state index contributed by atoms with van der Waals surface area (Å²) in [5.74, 6) is -0.903. The number of alkyl halides is 3. The third-order valence-electron chi connectivity index (χ3n) is 4.06. The number of nitrogens with zero attached hydrogens (tertiary/aromatic N) is 1. The number of hydrogen-bond acceptors (Lipinski definition) is 4. The zero-order chi connectivity index (χ0) is 18.6. The molecule has 2 rings (SSSR count). The minimum absolute atomic E-state index is 0.0144. The molecule has 0 bridgehead atoms. The molecule has 0 unspecified atom stereocenters. The molecule has 0 atom stereocenters. The van der Waals surface area contributed by atoms with Gasteiger partial charge >= 0.3 is 12.1 Å². The summed E-state index contributed by atoms with van der Waals surface area (Å²) >= 11 is 5.86. The Morgan fingerprint density at radius 2 is 1.96 bits per heavy atom. The number of esters is 1. The van der Waals surface area contributed by atoms with Crippen LogP contribution >= 0.6 is 11.6 Å². The highest BCUT2D eigenvalue weighted by Crippen LogP contribution is 2.33. The van der Waals surface area contributed by atoms with Crippen LogP contribution in [0.25, 0.3) is 0 Å². The molecule has 1 saturated heterocycles. The number of methoxy groups -OCH3 is 1. The third kappa shape index (κ3) is 5.34. The minimum atomic E-state index is -4.51. The van der Waals surface area contributed by atoms with Crippen LogP contribution in [0.15, 0.2) is 18.2 Å². The highest BCUT2D eigenvalue weighted by molar-refractivity contribution is 6.33. The van der Waals surface area contributed by atoms with Gasteiger partial charge in [0.2, 0.25) is 5.91 Å². The highest BCUT2D eigenvalue weighted by Gasteiger charge is 2.31. The fourth-order valence-electron chi connectivity index (χ4n) is 2.68. The van der Waals surface area contributed by atoms with Gasteiger partial charge in [-0.05, 0) is 44.1 Å². The number of nitrogens with one attached hydrogen (secondary N) is 1. The van der Waals surface area contributed by atoms with Gasteiger partial charge in [0.1, 0.15) is 0 Å². The first-order chi connectivity index (χ1) is 11.7. The Labute approximate surface area is 148 Å². The van der Waals surface area contributed by atoms with E-state index in [0.717, 1.165) is 18.2 Å². The normalized spacial score (nSPS) is 16.5. The summed E-state index contributed by atoms with van der Waals surface area (Å²) < 4.78 is 42.9. The molecule has 0 radical (unpaired) electrons. The summed E-state index contributed by atoms with van der Waals surface area (Å²) in [6.45, 7) is 1.08. The van der Waals surface area contributed by atoms with Crippen LogP contribution in [0.4, 0.5) is 18.9 Å². The van der Waals surface area contributed by atoms with E-state index >= 15 is 0 Å². The van der Waals surface area contributed by atoms with Crippen molar-refractivity contribution < 1.29 is 27.5 Å². The molecule has 138 valence electrons. The van der Waals surface area contributed by atoms with E-state index in [4.69, 9.17) is 16.3 Å². The number of likely N-dealkylation sites (tertiary alicyclic amines) is 1. The number of piperidine rings is 1. The summed E-state index contributed by atoms with van der Waals surface area (Å²) in [6, 6.07) is 2.77. The van der Waals surface area contributed by atoms with Crippen molar-refractivity contribution in [2.75, 3.05) is 32.1 Å². The Hall–Kier alpha value is -1.80. The second-order valence-corrected chi connectivity index (χ2v) is 6.22. The van der Waals surface area contributed by atoms with Crippen molar-refractivity contribution in [2.24, 2.45) is 5.92 Å². The molecule has 1 aromatic rings. The molecule has 0 aromatic heterocycles. The average molecular weight is 379 g/mol. The van der Waals surface area contributed by atoms with Crippen LogP contribution in [0, 0.1) is 5.92 Å². The Morgan fingerprint density at radius 1 is 1.32 bits per heavy atom. The summed E-state index contributed by atoms with van der Waals surface area (Å²) in [4.78, 5) is 25.4. The number of rotatable bonds is 4. The van der Waals surface area contributed by atoms with Gasteiger partial charge in [0.05, 0.1) is 35.8 Å². The van der Waals surface area contributed by atoms with Crippen LogP contribution in [0.1, 0.15) is 18.4 Å². The molecule has 25 heavy (non-hydrogen) atoms. The molecule has 1 N–H and O–H groups in total. The zero-order valence-corrected chi connectivity index (χ0v) is 14.3. The fourth-order valence-corrected chi connectivity index (χ4v) is 2.85. The maximum atomic E-state index is 12.7. The molecule has 1 aliphatic rings. The topological polar surface area (TPSA) is 58.6 Å². The minimum Gasteiger partial charge on any atom is -0.469 e. The smallest absolute Gasteiger partial charge is 0.416 e. The number of amides is 1. The van der Waals surface area contributed by atoms with E-state index in [2.05, 4.69) is 5.32 Å². The molecule has 1 aliphatic heterocycles. The van der Waals surface area contributed by atoms with E-state index in [1.54, 1.807) is 0 Å². The van der Waals surface area contributed by atoms with Crippen molar-refractivity contribution in [3.8, 4) is 0 Å². The molecular weight excluding hydrogens is 361 g/mol. The molecule has 9 heteroatoms. The summed E-state index contributed by atoms with van der Waals surface area (Å²) in [7, 11) is 1.33. The van der Waals surface area contributed by atoms with Crippen LogP contribution in [0.3, 0.4) is 0 Å². The van der Waals surface area contributed by atoms with Crippen molar-refractivity contribution in [1.29, 1.82) is 0 Å². The van der Waals surface area contributed by atoms with E-state index in [1.807, 2.05) is 4.90 Å². The van der Waals surface area contributed by atoms with Crippen LogP contribution in [0.5, 0.6) is 0 Å². The number of ether oxygens (including phenoxy) is 1. The molecule has 1 amide bonds. The standard InChI is InChI=1S/C16H18ClF3N2O3/c1-25-15(24)10-4-6-22(7-5-10)9-14(23)21-13-8-11(16(18,19)20)2-3-12(13)17/h2-3,8,10H,4-7,9H2,1H3,(H,21,23). The Kier molecular flexibility index (Phi) is 6.29. The van der Waals surface area contributed by atoms with E-state index in [1.165, 1.54) is 7.11 Å². The number of hydrogen-bond donors (Lipinski definition) is 1. The quantitative estimate of drug-likeness (QED) is 0.817. The van der Waals surface area contributed by atoms with Crippen LogP contribution in [0.2, 0.25) is 5.02 Å². The SMILES string of the molecule is COC(=O)C1CCN(CC(=O)Nc2cc(C(F)(F)F)ccc2Cl)CC1. The Balaban J connectivity index is 1.92.